The van der Waals surface area contributed by atoms with Crippen LogP contribution in [-0.2, 0) is 17.9 Å². The van der Waals surface area contributed by atoms with Crippen LogP contribution in [0.3, 0.4) is 0 Å². The summed E-state index contributed by atoms with van der Waals surface area (Å²) in [7, 11) is 0. The highest BCUT2D eigenvalue weighted by Gasteiger charge is 2.16. The quantitative estimate of drug-likeness (QED) is 0.776. The Balaban J connectivity index is 1.82. The summed E-state index contributed by atoms with van der Waals surface area (Å²) in [6.07, 6.45) is 0. The van der Waals surface area contributed by atoms with Crippen molar-refractivity contribution >= 4 is 16.9 Å². The van der Waals surface area contributed by atoms with Crippen molar-refractivity contribution in [2.45, 2.75) is 33.0 Å². The zero-order valence-corrected chi connectivity index (χ0v) is 14.2. The van der Waals surface area contributed by atoms with Gasteiger partial charge in [0.2, 0.25) is 5.91 Å². The van der Waals surface area contributed by atoms with Crippen LogP contribution in [0, 0.1) is 5.82 Å². The molecule has 6 heteroatoms. The highest BCUT2D eigenvalue weighted by Crippen LogP contribution is 2.14. The number of carbonyl (C=O) groups is 1. The van der Waals surface area contributed by atoms with Crippen LogP contribution in [0.5, 0.6) is 0 Å². The molecule has 25 heavy (non-hydrogen) atoms. The second-order valence-electron chi connectivity index (χ2n) is 5.94. The smallest absolute Gasteiger partial charge is 0.329 e. The van der Waals surface area contributed by atoms with E-state index in [0.29, 0.717) is 6.54 Å². The molecule has 0 saturated heterocycles. The fourth-order valence-electron chi connectivity index (χ4n) is 3.00. The molecule has 3 rings (SSSR count). The van der Waals surface area contributed by atoms with Crippen molar-refractivity contribution in [2.75, 3.05) is 0 Å². The lowest BCUT2D eigenvalue weighted by atomic mass is 10.1. The van der Waals surface area contributed by atoms with E-state index in [-0.39, 0.29) is 30.0 Å². The third kappa shape index (κ3) is 3.33. The van der Waals surface area contributed by atoms with Crippen molar-refractivity contribution in [3.05, 3.63) is 70.4 Å². The topological polar surface area (TPSA) is 56.0 Å². The zero-order chi connectivity index (χ0) is 18.0. The zero-order valence-electron chi connectivity index (χ0n) is 14.2. The molecule has 0 radical (unpaired) electrons. The summed E-state index contributed by atoms with van der Waals surface area (Å²) in [5.41, 5.74) is 2.15. The Labute approximate surface area is 144 Å². The van der Waals surface area contributed by atoms with Crippen LogP contribution in [0.15, 0.2) is 53.3 Å². The number of aryl methyl sites for hydroxylation is 1. The fraction of sp³-hybridized carbons (Fsp3) is 0.263. The summed E-state index contributed by atoms with van der Waals surface area (Å²) in [5, 5.41) is 2.85. The van der Waals surface area contributed by atoms with Crippen molar-refractivity contribution in [2.24, 2.45) is 0 Å². The maximum absolute atomic E-state index is 13.0. The predicted octanol–water partition coefficient (Wildman–Crippen LogP) is 2.84. The molecule has 5 nitrogen and oxygen atoms in total. The number of aromatic nitrogens is 2. The third-order valence-electron chi connectivity index (χ3n) is 4.29. The molecule has 0 fully saturated rings. The average Bonchev–Trinajstić information content (AvgIpc) is 2.87. The Morgan fingerprint density at radius 2 is 1.68 bits per heavy atom. The average molecular weight is 341 g/mol. The van der Waals surface area contributed by atoms with E-state index < -0.39 is 0 Å². The standard InChI is InChI=1S/C19H20FN3O2/c1-3-22-16-6-4-5-7-17(16)23(19(22)25)12-18(24)21-13(2)14-8-10-15(20)11-9-14/h4-11,13H,3,12H2,1-2H3,(H,21,24)/t13-/m1/s1. The SMILES string of the molecule is CCn1c(=O)n(CC(=O)N[C@H](C)c2ccc(F)cc2)c2ccccc21. The first-order valence-electron chi connectivity index (χ1n) is 8.24. The van der Waals surface area contributed by atoms with Gasteiger partial charge in [0.1, 0.15) is 12.4 Å². The van der Waals surface area contributed by atoms with Gasteiger partial charge in [-0.25, -0.2) is 9.18 Å². The number of hydrogen-bond acceptors (Lipinski definition) is 2. The molecule has 0 bridgehead atoms. The largest absolute Gasteiger partial charge is 0.348 e. The number of amides is 1. The number of nitrogens with one attached hydrogen (secondary N) is 1. The Hall–Kier alpha value is -2.89. The molecular formula is C19H20FN3O2. The first-order chi connectivity index (χ1) is 12.0. The van der Waals surface area contributed by atoms with E-state index >= 15 is 0 Å². The van der Waals surface area contributed by atoms with Crippen LogP contribution >= 0.6 is 0 Å². The first kappa shape index (κ1) is 17.0. The molecule has 2 aromatic carbocycles. The number of carbonyl (C=O) groups excluding carboxylic acids is 1. The summed E-state index contributed by atoms with van der Waals surface area (Å²) in [6, 6.07) is 13.1. The molecule has 0 aliphatic heterocycles. The van der Waals surface area contributed by atoms with Gasteiger partial charge in [0.25, 0.3) is 0 Å². The van der Waals surface area contributed by atoms with E-state index in [2.05, 4.69) is 5.32 Å². The number of rotatable bonds is 5. The Morgan fingerprint density at radius 3 is 2.28 bits per heavy atom. The van der Waals surface area contributed by atoms with Gasteiger partial charge in [-0.3, -0.25) is 13.9 Å². The maximum Gasteiger partial charge on any atom is 0.329 e. The fourth-order valence-corrected chi connectivity index (χ4v) is 3.00. The Bertz CT molecular complexity index is 957. The molecule has 1 aromatic heterocycles. The first-order valence-corrected chi connectivity index (χ1v) is 8.24. The molecule has 0 aliphatic carbocycles. The summed E-state index contributed by atoms with van der Waals surface area (Å²) < 4.78 is 16.1. The van der Waals surface area contributed by atoms with Gasteiger partial charge in [0.05, 0.1) is 17.1 Å². The number of halogens is 1. The molecule has 1 atom stereocenters. The molecule has 3 aromatic rings. The van der Waals surface area contributed by atoms with Gasteiger partial charge in [-0.05, 0) is 43.7 Å². The van der Waals surface area contributed by atoms with Crippen LogP contribution in [0.25, 0.3) is 11.0 Å². The molecule has 0 saturated carbocycles. The van der Waals surface area contributed by atoms with Gasteiger partial charge in [-0.1, -0.05) is 24.3 Å². The minimum atomic E-state index is -0.318. The van der Waals surface area contributed by atoms with E-state index in [1.54, 1.807) is 16.7 Å². The minimum absolute atomic E-state index is 0.0577. The van der Waals surface area contributed by atoms with E-state index in [1.807, 2.05) is 38.1 Å². The summed E-state index contributed by atoms with van der Waals surface area (Å²) in [6.45, 7) is 4.20. The number of hydrogen-bond donors (Lipinski definition) is 1. The van der Waals surface area contributed by atoms with Crippen molar-refractivity contribution < 1.29 is 9.18 Å². The number of imidazole rings is 1. The molecule has 1 amide bonds. The molecular weight excluding hydrogens is 321 g/mol. The Morgan fingerprint density at radius 1 is 1.08 bits per heavy atom. The molecule has 0 unspecified atom stereocenters. The Kier molecular flexibility index (Phi) is 4.70. The van der Waals surface area contributed by atoms with Crippen LogP contribution < -0.4 is 11.0 Å². The van der Waals surface area contributed by atoms with E-state index in [4.69, 9.17) is 0 Å². The second kappa shape index (κ2) is 6.93. The van der Waals surface area contributed by atoms with Gasteiger partial charge < -0.3 is 5.32 Å². The van der Waals surface area contributed by atoms with Gasteiger partial charge in [-0.15, -0.1) is 0 Å². The van der Waals surface area contributed by atoms with E-state index in [1.165, 1.54) is 16.7 Å². The highest BCUT2D eigenvalue weighted by atomic mass is 19.1. The van der Waals surface area contributed by atoms with E-state index in [9.17, 15) is 14.0 Å². The van der Waals surface area contributed by atoms with Crippen molar-refractivity contribution in [3.8, 4) is 0 Å². The maximum atomic E-state index is 13.0. The summed E-state index contributed by atoms with van der Waals surface area (Å²) in [5.74, 6) is -0.584. The third-order valence-corrected chi connectivity index (χ3v) is 4.29. The lowest BCUT2D eigenvalue weighted by molar-refractivity contribution is -0.122. The lowest BCUT2D eigenvalue weighted by Crippen LogP contribution is -2.34. The second-order valence-corrected chi connectivity index (χ2v) is 5.94. The highest BCUT2D eigenvalue weighted by molar-refractivity contribution is 5.81. The molecule has 1 N–H and O–H groups in total. The molecule has 130 valence electrons. The van der Waals surface area contributed by atoms with Crippen molar-refractivity contribution in [1.82, 2.24) is 14.5 Å². The summed E-state index contributed by atoms with van der Waals surface area (Å²) >= 11 is 0. The van der Waals surface area contributed by atoms with Crippen LogP contribution in [0.2, 0.25) is 0 Å². The molecule has 1 heterocycles. The lowest BCUT2D eigenvalue weighted by Gasteiger charge is -2.14. The van der Waals surface area contributed by atoms with Gasteiger partial charge >= 0.3 is 5.69 Å². The summed E-state index contributed by atoms with van der Waals surface area (Å²) in [4.78, 5) is 25.0. The number of nitrogens with zero attached hydrogens (tertiary/aromatic N) is 2. The van der Waals surface area contributed by atoms with Crippen LogP contribution in [0.1, 0.15) is 25.5 Å². The molecule has 0 aliphatic rings. The predicted molar refractivity (Wildman–Crippen MR) is 94.8 cm³/mol. The molecule has 0 spiro atoms. The van der Waals surface area contributed by atoms with Crippen molar-refractivity contribution in [1.29, 1.82) is 0 Å². The van der Waals surface area contributed by atoms with Gasteiger partial charge in [-0.2, -0.15) is 0 Å². The van der Waals surface area contributed by atoms with Crippen LogP contribution in [-0.4, -0.2) is 15.0 Å². The number of para-hydroxylation sites is 2. The number of benzene rings is 2. The number of fused-ring (bicyclic) bond motifs is 1. The monoisotopic (exact) mass is 341 g/mol. The van der Waals surface area contributed by atoms with Crippen molar-refractivity contribution in [3.63, 3.8) is 0 Å². The minimum Gasteiger partial charge on any atom is -0.348 e. The van der Waals surface area contributed by atoms with Crippen LogP contribution in [0.4, 0.5) is 4.39 Å². The van der Waals surface area contributed by atoms with Gasteiger partial charge in [0, 0.05) is 6.54 Å². The normalized spacial score (nSPS) is 12.3. The van der Waals surface area contributed by atoms with E-state index in [0.717, 1.165) is 16.6 Å². The van der Waals surface area contributed by atoms with Gasteiger partial charge in [0.15, 0.2) is 0 Å².